The third kappa shape index (κ3) is 31.2. The van der Waals surface area contributed by atoms with Crippen LogP contribution in [0.2, 0.25) is 0 Å². The van der Waals surface area contributed by atoms with E-state index in [4.69, 9.17) is 14.9 Å². The molecule has 0 aliphatic rings. The van der Waals surface area contributed by atoms with E-state index in [1.165, 1.54) is 23.7 Å². The molecule has 35 heavy (non-hydrogen) atoms. The summed E-state index contributed by atoms with van der Waals surface area (Å²) in [4.78, 5) is 29.2. The van der Waals surface area contributed by atoms with Crippen LogP contribution in [0.3, 0.4) is 0 Å². The Labute approximate surface area is 242 Å². The van der Waals surface area contributed by atoms with Crippen LogP contribution in [0.5, 0.6) is 0 Å². The molecule has 0 heterocycles. The van der Waals surface area contributed by atoms with Crippen LogP contribution in [0.1, 0.15) is 6.42 Å². The Morgan fingerprint density at radius 3 is 2.37 bits per heavy atom. The second-order valence-corrected chi connectivity index (χ2v) is 16.3. The SMILES string of the molecule is CN=CS(=O)CCSCSCSCCSC(=O)NCCSCSCSCCN=COOCCCO. The van der Waals surface area contributed by atoms with Gasteiger partial charge in [0.1, 0.15) is 0 Å². The number of carbonyl (C=O) groups is 1. The number of carbonyl (C=O) groups excluding carboxylic acids is 1. The Bertz CT molecular complexity index is 565. The van der Waals surface area contributed by atoms with E-state index >= 15 is 0 Å². The van der Waals surface area contributed by atoms with Crippen molar-refractivity contribution in [1.82, 2.24) is 5.32 Å². The van der Waals surface area contributed by atoms with Gasteiger partial charge < -0.3 is 15.3 Å². The number of rotatable bonds is 26. The zero-order valence-electron chi connectivity index (χ0n) is 20.0. The summed E-state index contributed by atoms with van der Waals surface area (Å²) in [6, 6.07) is 0. The van der Waals surface area contributed by atoms with E-state index in [1.807, 2.05) is 58.8 Å². The van der Waals surface area contributed by atoms with Gasteiger partial charge in [-0.3, -0.25) is 19.0 Å². The number of hydrogen-bond donors (Lipinski definition) is 2. The minimum absolute atomic E-state index is 0.0598. The Morgan fingerprint density at radius 1 is 0.971 bits per heavy atom. The zero-order valence-corrected chi connectivity index (χ0v) is 26.5. The highest BCUT2D eigenvalue weighted by Crippen LogP contribution is 2.19. The van der Waals surface area contributed by atoms with Gasteiger partial charge in [0.15, 0.2) is 0 Å². The summed E-state index contributed by atoms with van der Waals surface area (Å²) in [6.07, 6.45) is 1.85. The van der Waals surface area contributed by atoms with Crippen molar-refractivity contribution in [2.24, 2.45) is 9.98 Å². The lowest BCUT2D eigenvalue weighted by molar-refractivity contribution is -0.218. The van der Waals surface area contributed by atoms with Gasteiger partial charge in [-0.1, -0.05) is 11.8 Å². The summed E-state index contributed by atoms with van der Waals surface area (Å²) in [5.74, 6) is 5.19. The molecule has 0 aromatic heterocycles. The maximum Gasteiger partial charge on any atom is 0.279 e. The highest BCUT2D eigenvalue weighted by Gasteiger charge is 2.02. The predicted molar refractivity (Wildman–Crippen MR) is 170 cm³/mol. The minimum Gasteiger partial charge on any atom is -0.396 e. The molecular formula is C19H37N3O5S8. The fourth-order valence-corrected chi connectivity index (χ4v) is 10.4. The Morgan fingerprint density at radius 2 is 1.66 bits per heavy atom. The van der Waals surface area contributed by atoms with Crippen LogP contribution in [0.25, 0.3) is 0 Å². The van der Waals surface area contributed by atoms with Gasteiger partial charge >= 0.3 is 0 Å². The van der Waals surface area contributed by atoms with Gasteiger partial charge in [0, 0.05) is 75.1 Å². The third-order valence-corrected chi connectivity index (χ3v) is 12.9. The first-order chi connectivity index (χ1) is 17.2. The second kappa shape index (κ2) is 31.3. The Balaban J connectivity index is 3.23. The Kier molecular flexibility index (Phi) is 32.4. The standard InChI is InChI=1S/C19H37N3O5S8/c1-20-14-35(25)12-11-31-18-33-17-30-9-10-34-19(24)22-4-8-29-16-32-15-28-7-3-21-13-27-26-6-2-5-23/h13-14,23H,2-12,15-18H2,1H3,(H,22,24). The number of nitrogens with zero attached hydrogens (tertiary/aromatic N) is 2. The Hall–Kier alpha value is 1.13. The first-order valence-electron chi connectivity index (χ1n) is 10.7. The molecule has 0 aliphatic carbocycles. The number of aliphatic hydroxyl groups excluding tert-OH is 1. The molecule has 0 aromatic rings. The number of nitrogens with one attached hydrogen (secondary N) is 1. The van der Waals surface area contributed by atoms with Crippen molar-refractivity contribution in [2.45, 2.75) is 6.42 Å². The molecule has 0 radical (unpaired) electrons. The van der Waals surface area contributed by atoms with Crippen LogP contribution in [0.4, 0.5) is 4.79 Å². The van der Waals surface area contributed by atoms with Gasteiger partial charge in [-0.25, -0.2) is 0 Å². The van der Waals surface area contributed by atoms with Crippen molar-refractivity contribution in [3.8, 4) is 0 Å². The van der Waals surface area contributed by atoms with Crippen LogP contribution in [-0.2, 0) is 20.6 Å². The van der Waals surface area contributed by atoms with E-state index in [0.29, 0.717) is 31.9 Å². The van der Waals surface area contributed by atoms with Crippen molar-refractivity contribution in [2.75, 3.05) is 88.2 Å². The van der Waals surface area contributed by atoms with Crippen LogP contribution in [0.15, 0.2) is 9.98 Å². The first kappa shape index (κ1) is 36.1. The van der Waals surface area contributed by atoms with Gasteiger partial charge in [0.05, 0.1) is 29.5 Å². The molecule has 0 rings (SSSR count). The molecule has 0 aromatic carbocycles. The van der Waals surface area contributed by atoms with Gasteiger partial charge in [-0.15, -0.1) is 47.0 Å². The van der Waals surface area contributed by atoms with Crippen LogP contribution < -0.4 is 5.32 Å². The molecule has 0 fully saturated rings. The lowest BCUT2D eigenvalue weighted by Gasteiger charge is -2.05. The van der Waals surface area contributed by atoms with Gasteiger partial charge in [0.25, 0.3) is 5.24 Å². The first-order valence-corrected chi connectivity index (χ1v) is 20.0. The summed E-state index contributed by atoms with van der Waals surface area (Å²) in [5.41, 5.74) is 1.50. The van der Waals surface area contributed by atoms with Crippen LogP contribution in [0, 0.1) is 0 Å². The molecule has 0 saturated heterocycles. The normalized spacial score (nSPS) is 12.5. The predicted octanol–water partition coefficient (Wildman–Crippen LogP) is 4.42. The summed E-state index contributed by atoms with van der Waals surface area (Å²) in [6.45, 7) is 1.83. The molecule has 0 saturated carbocycles. The highest BCUT2D eigenvalue weighted by molar-refractivity contribution is 8.23. The van der Waals surface area contributed by atoms with Crippen molar-refractivity contribution in [3.63, 3.8) is 0 Å². The van der Waals surface area contributed by atoms with Crippen molar-refractivity contribution < 1.29 is 23.9 Å². The van der Waals surface area contributed by atoms with E-state index in [-0.39, 0.29) is 11.8 Å². The van der Waals surface area contributed by atoms with E-state index < -0.39 is 10.8 Å². The van der Waals surface area contributed by atoms with Crippen molar-refractivity contribution in [1.29, 1.82) is 0 Å². The van der Waals surface area contributed by atoms with Crippen LogP contribution in [-0.4, -0.2) is 115 Å². The van der Waals surface area contributed by atoms with Gasteiger partial charge in [-0.2, -0.15) is 28.4 Å². The number of aliphatic imine (C=N–C) groups is 2. The lowest BCUT2D eigenvalue weighted by atomic mass is 10.5. The number of amides is 1. The molecule has 8 nitrogen and oxygen atoms in total. The molecule has 0 spiro atoms. The molecule has 1 unspecified atom stereocenters. The molecule has 206 valence electrons. The second-order valence-electron chi connectivity index (χ2n) is 6.03. The smallest absolute Gasteiger partial charge is 0.279 e. The van der Waals surface area contributed by atoms with Gasteiger partial charge in [-0.05, 0) is 6.42 Å². The van der Waals surface area contributed by atoms with Crippen LogP contribution >= 0.6 is 82.3 Å². The lowest BCUT2D eigenvalue weighted by Crippen LogP contribution is -2.22. The number of aliphatic hydroxyl groups is 1. The maximum absolute atomic E-state index is 11.8. The fraction of sp³-hybridized carbons (Fsp3) is 0.842. The van der Waals surface area contributed by atoms with E-state index in [0.717, 1.165) is 49.1 Å². The monoisotopic (exact) mass is 643 g/mol. The fourth-order valence-electron chi connectivity index (χ4n) is 1.72. The average molecular weight is 644 g/mol. The molecule has 2 N–H and O–H groups in total. The van der Waals surface area contributed by atoms with Gasteiger partial charge in [0.2, 0.25) is 6.40 Å². The molecule has 16 heteroatoms. The molecule has 1 atom stereocenters. The summed E-state index contributed by atoms with van der Waals surface area (Å²) < 4.78 is 11.4. The molecule has 1 amide bonds. The summed E-state index contributed by atoms with van der Waals surface area (Å²) >= 11 is 12.4. The van der Waals surface area contributed by atoms with Crippen molar-refractivity contribution in [3.05, 3.63) is 0 Å². The molecule has 0 aliphatic heterocycles. The van der Waals surface area contributed by atoms with E-state index in [2.05, 4.69) is 15.3 Å². The topological polar surface area (TPSA) is 110 Å². The summed E-state index contributed by atoms with van der Waals surface area (Å²) in [7, 11) is 0.710. The quantitative estimate of drug-likeness (QED) is 0.0348. The highest BCUT2D eigenvalue weighted by atomic mass is 32.2. The molecular weight excluding hydrogens is 607 g/mol. The zero-order chi connectivity index (χ0) is 25.7. The number of hydrogen-bond acceptors (Lipinski definition) is 14. The summed E-state index contributed by atoms with van der Waals surface area (Å²) in [5, 5.41) is 15.6. The minimum atomic E-state index is -0.930. The van der Waals surface area contributed by atoms with E-state index in [9.17, 15) is 9.00 Å². The largest absolute Gasteiger partial charge is 0.396 e. The van der Waals surface area contributed by atoms with E-state index in [1.54, 1.807) is 18.8 Å². The molecule has 0 bridgehead atoms. The third-order valence-electron chi connectivity index (χ3n) is 3.23. The van der Waals surface area contributed by atoms with Crippen molar-refractivity contribution >= 4 is 110 Å². The maximum atomic E-state index is 11.8. The average Bonchev–Trinajstić information content (AvgIpc) is 2.85. The number of thioether (sulfide) groups is 7.